The van der Waals surface area contributed by atoms with E-state index in [0.29, 0.717) is 12.1 Å². The molecule has 0 saturated heterocycles. The molecule has 92 valence electrons. The van der Waals surface area contributed by atoms with Crippen LogP contribution in [-0.4, -0.2) is 35.0 Å². The summed E-state index contributed by atoms with van der Waals surface area (Å²) in [4.78, 5) is 14.4. The molecule has 0 aromatic carbocycles. The molecule has 4 heteroatoms. The molecule has 1 N–H and O–H groups in total. The molecule has 1 aliphatic heterocycles. The molecule has 1 fully saturated rings. The van der Waals surface area contributed by atoms with Crippen LogP contribution < -0.4 is 5.32 Å². The van der Waals surface area contributed by atoms with Gasteiger partial charge in [-0.05, 0) is 38.9 Å². The topological polar surface area (TPSA) is 37.3 Å². The number of nitrogens with one attached hydrogen (secondary N) is 1. The van der Waals surface area contributed by atoms with Crippen LogP contribution in [0.3, 0.4) is 0 Å². The van der Waals surface area contributed by atoms with Crippen LogP contribution in [0.1, 0.15) is 42.0 Å². The molecule has 3 rings (SSSR count). The summed E-state index contributed by atoms with van der Waals surface area (Å²) >= 11 is 0. The minimum atomic E-state index is 0.0931. The second kappa shape index (κ2) is 3.88. The lowest BCUT2D eigenvalue weighted by atomic mass is 10.2. The first-order valence-electron chi connectivity index (χ1n) is 6.37. The molecule has 2 aliphatic rings. The Bertz CT molecular complexity index is 448. The fraction of sp³-hybridized carbons (Fsp3) is 0.615. The third kappa shape index (κ3) is 1.86. The van der Waals surface area contributed by atoms with Crippen LogP contribution in [0.25, 0.3) is 0 Å². The summed E-state index contributed by atoms with van der Waals surface area (Å²) in [6.07, 6.45) is 2.27. The van der Waals surface area contributed by atoms with Gasteiger partial charge in [0, 0.05) is 30.9 Å². The number of rotatable bonds is 2. The highest BCUT2D eigenvalue weighted by atomic mass is 16.2. The Morgan fingerprint density at radius 2 is 2.12 bits per heavy atom. The number of aromatic nitrogens is 1. The second-order valence-corrected chi connectivity index (χ2v) is 5.20. The van der Waals surface area contributed by atoms with Crippen molar-refractivity contribution in [3.63, 3.8) is 0 Å². The summed E-state index contributed by atoms with van der Waals surface area (Å²) in [7, 11) is 2.13. The van der Waals surface area contributed by atoms with E-state index >= 15 is 0 Å². The third-order valence-corrected chi connectivity index (χ3v) is 3.93. The SMILES string of the molecule is CC1c2ccc(C(=O)NC3CC3)n2CCN1C. The minimum Gasteiger partial charge on any atom is -0.348 e. The maximum atomic E-state index is 12.1. The van der Waals surface area contributed by atoms with Crippen molar-refractivity contribution in [2.45, 2.75) is 38.4 Å². The van der Waals surface area contributed by atoms with Crippen LogP contribution in [0.15, 0.2) is 12.1 Å². The fourth-order valence-electron chi connectivity index (χ4n) is 2.46. The average Bonchev–Trinajstić information content (AvgIpc) is 3.00. The molecule has 2 heterocycles. The molecule has 0 radical (unpaired) electrons. The Labute approximate surface area is 102 Å². The van der Waals surface area contributed by atoms with Gasteiger partial charge in [0.05, 0.1) is 0 Å². The van der Waals surface area contributed by atoms with Gasteiger partial charge in [-0.2, -0.15) is 0 Å². The lowest BCUT2D eigenvalue weighted by molar-refractivity contribution is 0.0936. The van der Waals surface area contributed by atoms with Crippen molar-refractivity contribution >= 4 is 5.91 Å². The molecule has 17 heavy (non-hydrogen) atoms. The molecule has 1 amide bonds. The zero-order valence-electron chi connectivity index (χ0n) is 10.4. The van der Waals surface area contributed by atoms with E-state index in [1.807, 2.05) is 6.07 Å². The highest BCUT2D eigenvalue weighted by Crippen LogP contribution is 2.26. The minimum absolute atomic E-state index is 0.0931. The van der Waals surface area contributed by atoms with Crippen molar-refractivity contribution in [3.05, 3.63) is 23.5 Å². The van der Waals surface area contributed by atoms with E-state index in [2.05, 4.69) is 34.8 Å². The molecule has 0 bridgehead atoms. The van der Waals surface area contributed by atoms with Gasteiger partial charge in [-0.3, -0.25) is 9.69 Å². The molecule has 1 aromatic heterocycles. The zero-order valence-corrected chi connectivity index (χ0v) is 10.4. The van der Waals surface area contributed by atoms with Crippen molar-refractivity contribution < 1.29 is 4.79 Å². The number of hydrogen-bond acceptors (Lipinski definition) is 2. The van der Waals surface area contributed by atoms with E-state index in [4.69, 9.17) is 0 Å². The van der Waals surface area contributed by atoms with Gasteiger partial charge in [-0.15, -0.1) is 0 Å². The predicted octanol–water partition coefficient (Wildman–Crippen LogP) is 1.39. The number of hydrogen-bond donors (Lipinski definition) is 1. The van der Waals surface area contributed by atoms with Crippen LogP contribution >= 0.6 is 0 Å². The van der Waals surface area contributed by atoms with Crippen LogP contribution in [0.5, 0.6) is 0 Å². The summed E-state index contributed by atoms with van der Waals surface area (Å²) in [5.41, 5.74) is 2.08. The van der Waals surface area contributed by atoms with Gasteiger partial charge in [-0.1, -0.05) is 0 Å². The standard InChI is InChI=1S/C13H19N3O/c1-9-11-5-6-12(13(17)14-10-3-4-10)16(11)8-7-15(9)2/h5-6,9-10H,3-4,7-8H2,1-2H3,(H,14,17). The van der Waals surface area contributed by atoms with Gasteiger partial charge in [0.1, 0.15) is 5.69 Å². The zero-order chi connectivity index (χ0) is 12.0. The highest BCUT2D eigenvalue weighted by molar-refractivity contribution is 5.93. The quantitative estimate of drug-likeness (QED) is 0.838. The Morgan fingerprint density at radius 3 is 2.82 bits per heavy atom. The summed E-state index contributed by atoms with van der Waals surface area (Å²) in [6, 6.07) is 4.87. The van der Waals surface area contributed by atoms with E-state index in [1.54, 1.807) is 0 Å². The predicted molar refractivity (Wildman–Crippen MR) is 66.0 cm³/mol. The number of carbonyl (C=O) groups is 1. The number of likely N-dealkylation sites (N-methyl/N-ethyl adjacent to an activating group) is 1. The maximum Gasteiger partial charge on any atom is 0.268 e. The monoisotopic (exact) mass is 233 g/mol. The smallest absolute Gasteiger partial charge is 0.268 e. The molecule has 0 spiro atoms. The summed E-state index contributed by atoms with van der Waals surface area (Å²) in [5, 5.41) is 3.06. The number of amides is 1. The van der Waals surface area contributed by atoms with Crippen molar-refractivity contribution in [1.29, 1.82) is 0 Å². The summed E-state index contributed by atoms with van der Waals surface area (Å²) in [5.74, 6) is 0.0931. The van der Waals surface area contributed by atoms with E-state index < -0.39 is 0 Å². The molecule has 4 nitrogen and oxygen atoms in total. The fourth-order valence-corrected chi connectivity index (χ4v) is 2.46. The highest BCUT2D eigenvalue weighted by Gasteiger charge is 2.28. The molecular weight excluding hydrogens is 214 g/mol. The first kappa shape index (κ1) is 10.8. The lowest BCUT2D eigenvalue weighted by Gasteiger charge is -2.32. The molecule has 1 aliphatic carbocycles. The molecule has 1 saturated carbocycles. The molecule has 1 unspecified atom stereocenters. The second-order valence-electron chi connectivity index (χ2n) is 5.20. The average molecular weight is 233 g/mol. The Kier molecular flexibility index (Phi) is 2.47. The Balaban J connectivity index is 1.86. The van der Waals surface area contributed by atoms with Gasteiger partial charge in [0.2, 0.25) is 0 Å². The van der Waals surface area contributed by atoms with Gasteiger partial charge >= 0.3 is 0 Å². The van der Waals surface area contributed by atoms with Gasteiger partial charge < -0.3 is 9.88 Å². The van der Waals surface area contributed by atoms with Crippen molar-refractivity contribution in [2.24, 2.45) is 0 Å². The van der Waals surface area contributed by atoms with Gasteiger partial charge in [-0.25, -0.2) is 0 Å². The van der Waals surface area contributed by atoms with E-state index in [0.717, 1.165) is 31.6 Å². The van der Waals surface area contributed by atoms with E-state index in [1.165, 1.54) is 5.69 Å². The molecule has 1 aromatic rings. The number of nitrogens with zero attached hydrogens (tertiary/aromatic N) is 2. The summed E-state index contributed by atoms with van der Waals surface area (Å²) < 4.78 is 2.17. The van der Waals surface area contributed by atoms with Crippen molar-refractivity contribution in [3.8, 4) is 0 Å². The Morgan fingerprint density at radius 1 is 1.35 bits per heavy atom. The first-order chi connectivity index (χ1) is 8.16. The van der Waals surface area contributed by atoms with Gasteiger partial charge in [0.25, 0.3) is 5.91 Å². The van der Waals surface area contributed by atoms with E-state index in [-0.39, 0.29) is 5.91 Å². The van der Waals surface area contributed by atoms with Crippen LogP contribution in [0.2, 0.25) is 0 Å². The lowest BCUT2D eigenvalue weighted by Crippen LogP contribution is -2.36. The molecular formula is C13H19N3O. The van der Waals surface area contributed by atoms with E-state index in [9.17, 15) is 4.79 Å². The number of carbonyl (C=O) groups excluding carboxylic acids is 1. The Hall–Kier alpha value is -1.29. The van der Waals surface area contributed by atoms with Crippen molar-refractivity contribution in [2.75, 3.05) is 13.6 Å². The largest absolute Gasteiger partial charge is 0.348 e. The first-order valence-corrected chi connectivity index (χ1v) is 6.37. The van der Waals surface area contributed by atoms with Crippen LogP contribution in [0, 0.1) is 0 Å². The maximum absolute atomic E-state index is 12.1. The van der Waals surface area contributed by atoms with Crippen LogP contribution in [0.4, 0.5) is 0 Å². The normalized spacial score (nSPS) is 24.5. The molecule has 1 atom stereocenters. The van der Waals surface area contributed by atoms with Crippen molar-refractivity contribution in [1.82, 2.24) is 14.8 Å². The third-order valence-electron chi connectivity index (χ3n) is 3.93. The van der Waals surface area contributed by atoms with Gasteiger partial charge in [0.15, 0.2) is 0 Å². The number of fused-ring (bicyclic) bond motifs is 1. The van der Waals surface area contributed by atoms with Crippen LogP contribution in [-0.2, 0) is 6.54 Å². The summed E-state index contributed by atoms with van der Waals surface area (Å²) in [6.45, 7) is 4.11.